The summed E-state index contributed by atoms with van der Waals surface area (Å²) in [5.41, 5.74) is 0. The van der Waals surface area contributed by atoms with Gasteiger partial charge in [-0.25, -0.2) is 9.78 Å². The average Bonchev–Trinajstić information content (AvgIpc) is 2.16. The van der Waals surface area contributed by atoms with Crippen molar-refractivity contribution in [1.29, 1.82) is 0 Å². The first-order chi connectivity index (χ1) is 7.43. The molecule has 0 fully saturated rings. The van der Waals surface area contributed by atoms with Crippen molar-refractivity contribution in [3.8, 4) is 0 Å². The summed E-state index contributed by atoms with van der Waals surface area (Å²) in [5, 5.41) is -1.63. The Morgan fingerprint density at radius 3 is 2.31 bits per heavy atom. The van der Waals surface area contributed by atoms with E-state index in [0.29, 0.717) is 6.61 Å². The molecule has 1 unspecified atom stereocenters. The largest absolute Gasteiger partial charge is 0.465 e. The van der Waals surface area contributed by atoms with Crippen LogP contribution in [-0.2, 0) is 29.4 Å². The van der Waals surface area contributed by atoms with Crippen LogP contribution in [0.15, 0.2) is 0 Å². The predicted octanol–water partition coefficient (Wildman–Crippen LogP) is 0.164. The molecule has 0 saturated carbocycles. The molecule has 96 valence electrons. The van der Waals surface area contributed by atoms with Crippen molar-refractivity contribution in [2.45, 2.75) is 25.5 Å². The Morgan fingerprint density at radius 2 is 1.88 bits per heavy atom. The van der Waals surface area contributed by atoms with Crippen LogP contribution in [0.25, 0.3) is 0 Å². The summed E-state index contributed by atoms with van der Waals surface area (Å²) in [6.45, 7) is 3.44. The highest BCUT2D eigenvalue weighted by Gasteiger charge is 2.32. The normalized spacial score (nSPS) is 13.4. The van der Waals surface area contributed by atoms with Crippen molar-refractivity contribution in [2.75, 3.05) is 19.8 Å². The topological polar surface area (TPSA) is 99.1 Å². The van der Waals surface area contributed by atoms with Crippen LogP contribution >= 0.6 is 0 Å². The van der Waals surface area contributed by atoms with Gasteiger partial charge in [-0.1, -0.05) is 0 Å². The number of esters is 1. The first-order valence-electron chi connectivity index (χ1n) is 4.80. The summed E-state index contributed by atoms with van der Waals surface area (Å²) in [4.78, 5) is 20.3. The second-order valence-electron chi connectivity index (χ2n) is 2.77. The number of rotatable bonds is 8. The van der Waals surface area contributed by atoms with E-state index in [4.69, 9.17) is 4.55 Å². The molecule has 0 aromatic heterocycles. The van der Waals surface area contributed by atoms with Crippen molar-refractivity contribution < 1.29 is 32.3 Å². The first-order valence-corrected chi connectivity index (χ1v) is 6.31. The van der Waals surface area contributed by atoms with Crippen LogP contribution in [0.3, 0.4) is 0 Å². The van der Waals surface area contributed by atoms with E-state index in [0.717, 1.165) is 0 Å². The van der Waals surface area contributed by atoms with Gasteiger partial charge in [0.15, 0.2) is 5.25 Å². The lowest BCUT2D eigenvalue weighted by atomic mass is 10.3. The van der Waals surface area contributed by atoms with Crippen molar-refractivity contribution in [3.63, 3.8) is 0 Å². The molecular formula is C8H16O7S. The molecule has 0 aromatic rings. The van der Waals surface area contributed by atoms with Crippen molar-refractivity contribution in [3.05, 3.63) is 0 Å². The zero-order chi connectivity index (χ0) is 12.6. The molecule has 1 atom stereocenters. The van der Waals surface area contributed by atoms with E-state index < -0.39 is 21.3 Å². The third-order valence-electron chi connectivity index (χ3n) is 1.57. The number of ether oxygens (including phenoxy) is 1. The second-order valence-corrected chi connectivity index (χ2v) is 4.37. The molecule has 0 aliphatic heterocycles. The molecule has 0 rings (SSSR count). The van der Waals surface area contributed by atoms with Crippen molar-refractivity contribution >= 4 is 16.1 Å². The van der Waals surface area contributed by atoms with Crippen LogP contribution < -0.4 is 0 Å². The smallest absolute Gasteiger partial charge is 0.326 e. The van der Waals surface area contributed by atoms with Crippen LogP contribution in [-0.4, -0.2) is 44.0 Å². The molecule has 16 heavy (non-hydrogen) atoms. The molecular weight excluding hydrogens is 240 g/mol. The van der Waals surface area contributed by atoms with E-state index >= 15 is 0 Å². The van der Waals surface area contributed by atoms with Crippen LogP contribution in [0.5, 0.6) is 0 Å². The molecule has 0 aliphatic carbocycles. The fourth-order valence-corrected chi connectivity index (χ4v) is 1.63. The molecule has 0 amide bonds. The maximum Gasteiger partial charge on any atom is 0.326 e. The van der Waals surface area contributed by atoms with Gasteiger partial charge >= 0.3 is 5.97 Å². The average molecular weight is 256 g/mol. The Bertz CT molecular complexity index is 298. The van der Waals surface area contributed by atoms with E-state index in [1.54, 1.807) is 6.92 Å². The van der Waals surface area contributed by atoms with Gasteiger partial charge in [0.1, 0.15) is 0 Å². The van der Waals surface area contributed by atoms with Gasteiger partial charge < -0.3 is 4.74 Å². The highest BCUT2D eigenvalue weighted by molar-refractivity contribution is 7.87. The third-order valence-corrected chi connectivity index (χ3v) is 2.72. The molecule has 7 nitrogen and oxygen atoms in total. The summed E-state index contributed by atoms with van der Waals surface area (Å²) in [7, 11) is -4.48. The lowest BCUT2D eigenvalue weighted by Crippen LogP contribution is -2.33. The summed E-state index contributed by atoms with van der Waals surface area (Å²) in [5.74, 6) is -0.995. The van der Waals surface area contributed by atoms with Gasteiger partial charge in [-0.3, -0.25) is 9.35 Å². The van der Waals surface area contributed by atoms with Crippen LogP contribution in [0.4, 0.5) is 0 Å². The Kier molecular flexibility index (Phi) is 7.22. The molecule has 8 heteroatoms. The van der Waals surface area contributed by atoms with Crippen LogP contribution in [0.2, 0.25) is 0 Å². The standard InChI is InChI=1S/C8H16O7S/c1-3-13-8(9)7(16(10,11)12)5-6-15-14-4-2/h7H,3-6H2,1-2H3,(H,10,11,12). The van der Waals surface area contributed by atoms with E-state index in [1.165, 1.54) is 6.92 Å². The van der Waals surface area contributed by atoms with Gasteiger partial charge in [0.05, 0.1) is 19.8 Å². The van der Waals surface area contributed by atoms with E-state index in [9.17, 15) is 13.2 Å². The van der Waals surface area contributed by atoms with Gasteiger partial charge in [-0.05, 0) is 13.8 Å². The monoisotopic (exact) mass is 256 g/mol. The Morgan fingerprint density at radius 1 is 1.25 bits per heavy atom. The number of carbonyl (C=O) groups is 1. The van der Waals surface area contributed by atoms with Gasteiger partial charge in [0, 0.05) is 6.42 Å². The summed E-state index contributed by atoms with van der Waals surface area (Å²) in [6, 6.07) is 0. The molecule has 0 radical (unpaired) electrons. The summed E-state index contributed by atoms with van der Waals surface area (Å²) >= 11 is 0. The Hall–Kier alpha value is -0.700. The minimum atomic E-state index is -4.48. The minimum absolute atomic E-state index is 0.0389. The van der Waals surface area contributed by atoms with E-state index in [2.05, 4.69) is 14.5 Å². The lowest BCUT2D eigenvalue weighted by molar-refractivity contribution is -0.291. The maximum absolute atomic E-state index is 11.2. The van der Waals surface area contributed by atoms with Crippen LogP contribution in [0.1, 0.15) is 20.3 Å². The molecule has 0 spiro atoms. The minimum Gasteiger partial charge on any atom is -0.465 e. The van der Waals surface area contributed by atoms with Crippen molar-refractivity contribution in [1.82, 2.24) is 0 Å². The van der Waals surface area contributed by atoms with Crippen molar-refractivity contribution in [2.24, 2.45) is 0 Å². The molecule has 0 bridgehead atoms. The second kappa shape index (κ2) is 7.55. The predicted molar refractivity (Wildman–Crippen MR) is 54.2 cm³/mol. The van der Waals surface area contributed by atoms with Gasteiger partial charge in [0.25, 0.3) is 10.1 Å². The van der Waals surface area contributed by atoms with Crippen LogP contribution in [0, 0.1) is 0 Å². The highest BCUT2D eigenvalue weighted by Crippen LogP contribution is 2.07. The summed E-state index contributed by atoms with van der Waals surface area (Å²) in [6.07, 6.45) is -0.225. The molecule has 0 saturated heterocycles. The quantitative estimate of drug-likeness (QED) is 0.217. The number of carbonyl (C=O) groups excluding carboxylic acids is 1. The first kappa shape index (κ1) is 15.3. The van der Waals surface area contributed by atoms with E-state index in [1.807, 2.05) is 0 Å². The van der Waals surface area contributed by atoms with E-state index in [-0.39, 0.29) is 19.6 Å². The fraction of sp³-hybridized carbons (Fsp3) is 0.875. The zero-order valence-electron chi connectivity index (χ0n) is 9.21. The van der Waals surface area contributed by atoms with Gasteiger partial charge in [-0.2, -0.15) is 8.42 Å². The van der Waals surface area contributed by atoms with Gasteiger partial charge in [-0.15, -0.1) is 0 Å². The zero-order valence-corrected chi connectivity index (χ0v) is 10.0. The SMILES string of the molecule is CCOOCCC(C(=O)OCC)S(=O)(=O)O. The third kappa shape index (κ3) is 6.01. The fourth-order valence-electron chi connectivity index (χ4n) is 0.921. The number of hydrogen-bond acceptors (Lipinski definition) is 6. The number of hydrogen-bond donors (Lipinski definition) is 1. The molecule has 0 aromatic carbocycles. The molecule has 0 heterocycles. The summed E-state index contributed by atoms with van der Waals surface area (Å²) < 4.78 is 35.1. The highest BCUT2D eigenvalue weighted by atomic mass is 32.2. The molecule has 0 aliphatic rings. The Labute approximate surface area is 94.4 Å². The molecule has 1 N–H and O–H groups in total. The lowest BCUT2D eigenvalue weighted by Gasteiger charge is -2.11. The Balaban J connectivity index is 4.29. The maximum atomic E-state index is 11.2. The van der Waals surface area contributed by atoms with Gasteiger partial charge in [0.2, 0.25) is 0 Å².